The van der Waals surface area contributed by atoms with Crippen LogP contribution in [0.25, 0.3) is 11.5 Å². The molecule has 0 N–H and O–H groups in total. The van der Waals surface area contributed by atoms with Crippen molar-refractivity contribution in [2.75, 3.05) is 21.3 Å². The topological polar surface area (TPSA) is 92.4 Å². The highest BCUT2D eigenvalue weighted by Crippen LogP contribution is 2.41. The van der Waals surface area contributed by atoms with Gasteiger partial charge in [-0.2, -0.15) is 0 Å². The summed E-state index contributed by atoms with van der Waals surface area (Å²) in [5.74, 6) is 1.83. The Morgan fingerprint density at radius 1 is 0.917 bits per heavy atom. The zero-order valence-electron chi connectivity index (χ0n) is 13.2. The predicted molar refractivity (Wildman–Crippen MR) is 85.5 cm³/mol. The molecule has 0 aliphatic heterocycles. The lowest BCUT2D eigenvalue weighted by molar-refractivity contribution is 0.324. The highest BCUT2D eigenvalue weighted by Gasteiger charge is 2.18. The first-order chi connectivity index (χ1) is 11.7. The number of benzene rings is 1. The highest BCUT2D eigenvalue weighted by molar-refractivity contribution is 7.98. The van der Waals surface area contributed by atoms with Gasteiger partial charge >= 0.3 is 0 Å². The standard InChI is InChI=1S/C15H14N4O4S/c1-20-10-7-9(8-11(21-2)12(10)22-3)13-18-19-15(23-13)24-14-16-5-4-6-17-14/h4-8H,1-3H3. The van der Waals surface area contributed by atoms with Crippen molar-refractivity contribution >= 4 is 11.8 Å². The lowest BCUT2D eigenvalue weighted by Gasteiger charge is -2.12. The molecule has 0 saturated carbocycles. The molecule has 24 heavy (non-hydrogen) atoms. The zero-order valence-corrected chi connectivity index (χ0v) is 14.0. The van der Waals surface area contributed by atoms with Crippen molar-refractivity contribution in [2.45, 2.75) is 10.4 Å². The van der Waals surface area contributed by atoms with Crippen molar-refractivity contribution in [1.82, 2.24) is 20.2 Å². The summed E-state index contributed by atoms with van der Waals surface area (Å²) in [6, 6.07) is 5.21. The molecular formula is C15H14N4O4S. The predicted octanol–water partition coefficient (Wildman–Crippen LogP) is 2.70. The zero-order chi connectivity index (χ0) is 16.9. The van der Waals surface area contributed by atoms with Gasteiger partial charge in [0.2, 0.25) is 11.6 Å². The third kappa shape index (κ3) is 3.25. The SMILES string of the molecule is COc1cc(-c2nnc(Sc3ncccn3)o2)cc(OC)c1OC. The number of aromatic nitrogens is 4. The Hall–Kier alpha value is -2.81. The molecule has 0 bridgehead atoms. The van der Waals surface area contributed by atoms with Gasteiger partial charge in [-0.05, 0) is 18.2 Å². The van der Waals surface area contributed by atoms with E-state index < -0.39 is 0 Å². The monoisotopic (exact) mass is 346 g/mol. The smallest absolute Gasteiger partial charge is 0.284 e. The van der Waals surface area contributed by atoms with E-state index >= 15 is 0 Å². The molecule has 0 aliphatic carbocycles. The van der Waals surface area contributed by atoms with Gasteiger partial charge in [-0.15, -0.1) is 10.2 Å². The van der Waals surface area contributed by atoms with Crippen molar-refractivity contribution in [1.29, 1.82) is 0 Å². The number of rotatable bonds is 6. The molecule has 0 radical (unpaired) electrons. The van der Waals surface area contributed by atoms with E-state index in [2.05, 4.69) is 20.2 Å². The fourth-order valence-electron chi connectivity index (χ4n) is 1.99. The maximum Gasteiger partial charge on any atom is 0.284 e. The minimum atomic E-state index is 0.327. The van der Waals surface area contributed by atoms with Gasteiger partial charge in [-0.3, -0.25) is 0 Å². The van der Waals surface area contributed by atoms with Gasteiger partial charge < -0.3 is 18.6 Å². The van der Waals surface area contributed by atoms with Gasteiger partial charge in [-0.25, -0.2) is 9.97 Å². The average Bonchev–Trinajstić information content (AvgIpc) is 3.09. The molecule has 0 unspecified atom stereocenters. The molecule has 0 spiro atoms. The number of nitrogens with zero attached hydrogens (tertiary/aromatic N) is 4. The maximum atomic E-state index is 5.65. The Morgan fingerprint density at radius 3 is 2.17 bits per heavy atom. The molecule has 3 aromatic rings. The van der Waals surface area contributed by atoms with E-state index in [0.29, 0.717) is 39.1 Å². The molecule has 124 valence electrons. The summed E-state index contributed by atoms with van der Waals surface area (Å²) < 4.78 is 21.6. The Morgan fingerprint density at radius 2 is 1.58 bits per heavy atom. The van der Waals surface area contributed by atoms with E-state index in [1.807, 2.05) is 0 Å². The number of hydrogen-bond acceptors (Lipinski definition) is 9. The Labute approximate surface area is 142 Å². The van der Waals surface area contributed by atoms with Gasteiger partial charge in [0.15, 0.2) is 16.7 Å². The summed E-state index contributed by atoms with van der Waals surface area (Å²) in [6.07, 6.45) is 3.29. The second-order valence-electron chi connectivity index (χ2n) is 4.42. The summed E-state index contributed by atoms with van der Waals surface area (Å²) >= 11 is 1.18. The molecule has 0 aliphatic rings. The van der Waals surface area contributed by atoms with Crippen molar-refractivity contribution in [3.05, 3.63) is 30.6 Å². The molecular weight excluding hydrogens is 332 g/mol. The molecule has 8 nitrogen and oxygen atoms in total. The van der Waals surface area contributed by atoms with E-state index in [9.17, 15) is 0 Å². The third-order valence-electron chi connectivity index (χ3n) is 3.04. The van der Waals surface area contributed by atoms with Gasteiger partial charge in [-0.1, -0.05) is 0 Å². The second kappa shape index (κ2) is 7.18. The van der Waals surface area contributed by atoms with Crippen molar-refractivity contribution in [3.8, 4) is 28.7 Å². The molecule has 1 aromatic carbocycles. The Bertz CT molecular complexity index is 800. The lowest BCUT2D eigenvalue weighted by atomic mass is 10.2. The Kier molecular flexibility index (Phi) is 4.80. The van der Waals surface area contributed by atoms with Crippen LogP contribution in [0.5, 0.6) is 17.2 Å². The van der Waals surface area contributed by atoms with Crippen LogP contribution in [0.4, 0.5) is 0 Å². The van der Waals surface area contributed by atoms with Crippen LogP contribution in [0.15, 0.2) is 45.4 Å². The van der Waals surface area contributed by atoms with Crippen LogP contribution in [0.3, 0.4) is 0 Å². The molecule has 2 aromatic heterocycles. The minimum absolute atomic E-state index is 0.327. The van der Waals surface area contributed by atoms with Crippen molar-refractivity contribution < 1.29 is 18.6 Å². The second-order valence-corrected chi connectivity index (χ2v) is 5.34. The largest absolute Gasteiger partial charge is 0.493 e. The maximum absolute atomic E-state index is 5.65. The number of hydrogen-bond donors (Lipinski definition) is 0. The normalized spacial score (nSPS) is 10.5. The highest BCUT2D eigenvalue weighted by atomic mass is 32.2. The fraction of sp³-hybridized carbons (Fsp3) is 0.200. The summed E-state index contributed by atoms with van der Waals surface area (Å²) in [7, 11) is 4.63. The lowest BCUT2D eigenvalue weighted by Crippen LogP contribution is -1.95. The van der Waals surface area contributed by atoms with Crippen LogP contribution >= 0.6 is 11.8 Å². The first-order valence-corrected chi connectivity index (χ1v) is 7.65. The van der Waals surface area contributed by atoms with E-state index in [1.54, 1.807) is 51.9 Å². The van der Waals surface area contributed by atoms with E-state index in [-0.39, 0.29) is 0 Å². The number of ether oxygens (including phenoxy) is 3. The average molecular weight is 346 g/mol. The van der Waals surface area contributed by atoms with Crippen LogP contribution in [0.1, 0.15) is 0 Å². The first kappa shape index (κ1) is 16.1. The summed E-state index contributed by atoms with van der Waals surface area (Å²) in [6.45, 7) is 0. The Balaban J connectivity index is 1.92. The molecule has 0 fully saturated rings. The molecule has 0 amide bonds. The van der Waals surface area contributed by atoms with Crippen molar-refractivity contribution in [3.63, 3.8) is 0 Å². The van der Waals surface area contributed by atoms with E-state index in [4.69, 9.17) is 18.6 Å². The van der Waals surface area contributed by atoms with Gasteiger partial charge in [0.1, 0.15) is 0 Å². The molecule has 0 saturated heterocycles. The van der Waals surface area contributed by atoms with Crippen LogP contribution in [0.2, 0.25) is 0 Å². The van der Waals surface area contributed by atoms with Crippen LogP contribution in [-0.4, -0.2) is 41.5 Å². The summed E-state index contributed by atoms with van der Waals surface area (Å²) in [5.41, 5.74) is 0.651. The molecule has 0 atom stereocenters. The molecule has 3 rings (SSSR count). The number of methoxy groups -OCH3 is 3. The van der Waals surface area contributed by atoms with Crippen LogP contribution in [-0.2, 0) is 0 Å². The van der Waals surface area contributed by atoms with Crippen LogP contribution in [0, 0.1) is 0 Å². The van der Waals surface area contributed by atoms with E-state index in [0.717, 1.165) is 0 Å². The fourth-order valence-corrected chi connectivity index (χ4v) is 2.57. The molecule has 2 heterocycles. The first-order valence-electron chi connectivity index (χ1n) is 6.84. The van der Waals surface area contributed by atoms with E-state index in [1.165, 1.54) is 11.8 Å². The third-order valence-corrected chi connectivity index (χ3v) is 3.77. The van der Waals surface area contributed by atoms with Gasteiger partial charge in [0.05, 0.1) is 21.3 Å². The van der Waals surface area contributed by atoms with Crippen LogP contribution < -0.4 is 14.2 Å². The van der Waals surface area contributed by atoms with Gasteiger partial charge in [0, 0.05) is 29.7 Å². The summed E-state index contributed by atoms with van der Waals surface area (Å²) in [5, 5.41) is 8.90. The quantitative estimate of drug-likeness (QED) is 0.624. The minimum Gasteiger partial charge on any atom is -0.493 e. The molecule has 9 heteroatoms. The van der Waals surface area contributed by atoms with Gasteiger partial charge in [0.25, 0.3) is 5.22 Å². The van der Waals surface area contributed by atoms with Crippen molar-refractivity contribution in [2.24, 2.45) is 0 Å². The summed E-state index contributed by atoms with van der Waals surface area (Å²) in [4.78, 5) is 8.20.